The van der Waals surface area contributed by atoms with Gasteiger partial charge in [-0.3, -0.25) is 19.8 Å². The van der Waals surface area contributed by atoms with Gasteiger partial charge in [-0.1, -0.05) is 41.9 Å². The van der Waals surface area contributed by atoms with Crippen LogP contribution in [-0.2, 0) is 11.3 Å². The van der Waals surface area contributed by atoms with E-state index >= 15 is 0 Å². The number of hydrogen-bond donors (Lipinski definition) is 2. The zero-order chi connectivity index (χ0) is 20.4. The number of thiazole rings is 1. The van der Waals surface area contributed by atoms with Crippen LogP contribution < -0.4 is 10.6 Å². The number of hydrogen-bond acceptors (Lipinski definition) is 5. The zero-order valence-electron chi connectivity index (χ0n) is 15.0. The van der Waals surface area contributed by atoms with Crippen LogP contribution in [0.3, 0.4) is 0 Å². The molecule has 0 spiro atoms. The third kappa shape index (κ3) is 4.13. The smallest absolute Gasteiger partial charge is 0.324 e. The number of imide groups is 1. The first-order valence-electron chi connectivity index (χ1n) is 8.70. The number of aromatic nitrogens is 1. The van der Waals surface area contributed by atoms with Crippen LogP contribution >= 0.6 is 22.9 Å². The fraction of sp³-hybridized carbons (Fsp3) is 0.100. The number of nitrogens with one attached hydrogen (secondary N) is 2. The molecule has 2 N–H and O–H groups in total. The van der Waals surface area contributed by atoms with Crippen molar-refractivity contribution in [1.29, 1.82) is 0 Å². The van der Waals surface area contributed by atoms with E-state index in [9.17, 15) is 14.4 Å². The van der Waals surface area contributed by atoms with E-state index in [2.05, 4.69) is 15.6 Å². The summed E-state index contributed by atoms with van der Waals surface area (Å²) in [6.45, 7) is 0.00193. The number of benzene rings is 2. The van der Waals surface area contributed by atoms with Gasteiger partial charge in [0.15, 0.2) is 5.13 Å². The van der Waals surface area contributed by atoms with E-state index in [1.165, 1.54) is 11.3 Å². The van der Waals surface area contributed by atoms with Gasteiger partial charge >= 0.3 is 6.03 Å². The largest absolute Gasteiger partial charge is 0.329 e. The van der Waals surface area contributed by atoms with Crippen LogP contribution in [0.25, 0.3) is 11.3 Å². The molecule has 1 fully saturated rings. The summed E-state index contributed by atoms with van der Waals surface area (Å²) in [5, 5.41) is 8.19. The third-order valence-corrected chi connectivity index (χ3v) is 5.40. The molecular formula is C20H15ClN4O3S. The van der Waals surface area contributed by atoms with Gasteiger partial charge in [-0.15, -0.1) is 11.3 Å². The van der Waals surface area contributed by atoms with Crippen molar-refractivity contribution in [3.05, 3.63) is 70.1 Å². The number of nitrogens with zero attached hydrogens (tertiary/aromatic N) is 2. The van der Waals surface area contributed by atoms with Crippen molar-refractivity contribution in [3.8, 4) is 11.3 Å². The second-order valence-electron chi connectivity index (χ2n) is 6.29. The van der Waals surface area contributed by atoms with Crippen molar-refractivity contribution in [1.82, 2.24) is 15.2 Å². The maximum absolute atomic E-state index is 12.8. The molecule has 0 radical (unpaired) electrons. The van der Waals surface area contributed by atoms with Crippen LogP contribution in [0, 0.1) is 0 Å². The van der Waals surface area contributed by atoms with Gasteiger partial charge in [0.25, 0.3) is 5.91 Å². The van der Waals surface area contributed by atoms with Crippen molar-refractivity contribution < 1.29 is 14.4 Å². The Hall–Kier alpha value is -3.23. The van der Waals surface area contributed by atoms with Crippen molar-refractivity contribution in [2.45, 2.75) is 6.54 Å². The Bertz CT molecular complexity index is 1080. The highest BCUT2D eigenvalue weighted by molar-refractivity contribution is 7.14. The number of amides is 4. The molecule has 4 rings (SSSR count). The minimum atomic E-state index is -0.460. The van der Waals surface area contributed by atoms with Gasteiger partial charge in [-0.25, -0.2) is 9.78 Å². The molecule has 1 aromatic heterocycles. The highest BCUT2D eigenvalue weighted by Crippen LogP contribution is 2.26. The molecule has 0 saturated carbocycles. The normalized spacial score (nSPS) is 13.5. The number of anilines is 1. The van der Waals surface area contributed by atoms with E-state index in [1.807, 2.05) is 17.5 Å². The van der Waals surface area contributed by atoms with Gasteiger partial charge in [0.1, 0.15) is 0 Å². The fourth-order valence-electron chi connectivity index (χ4n) is 2.91. The third-order valence-electron chi connectivity index (χ3n) is 4.39. The molecule has 4 amide bonds. The molecular weight excluding hydrogens is 412 g/mol. The molecule has 2 aromatic carbocycles. The average Bonchev–Trinajstić information content (AvgIpc) is 3.31. The molecule has 146 valence electrons. The highest BCUT2D eigenvalue weighted by atomic mass is 35.5. The first kappa shape index (κ1) is 19.1. The van der Waals surface area contributed by atoms with Crippen LogP contribution in [0.5, 0.6) is 0 Å². The van der Waals surface area contributed by atoms with E-state index in [0.717, 1.165) is 16.2 Å². The molecule has 2 heterocycles. The minimum Gasteiger partial charge on any atom is -0.329 e. The van der Waals surface area contributed by atoms with E-state index in [0.29, 0.717) is 21.3 Å². The summed E-state index contributed by atoms with van der Waals surface area (Å²) in [5.74, 6) is -0.678. The summed E-state index contributed by atoms with van der Waals surface area (Å²) >= 11 is 7.22. The predicted octanol–water partition coefficient (Wildman–Crippen LogP) is 3.77. The van der Waals surface area contributed by atoms with Gasteiger partial charge in [0, 0.05) is 21.5 Å². The number of carbonyl (C=O) groups is 3. The van der Waals surface area contributed by atoms with Gasteiger partial charge in [0.05, 0.1) is 18.8 Å². The lowest BCUT2D eigenvalue weighted by Gasteiger charge is -2.15. The molecule has 29 heavy (non-hydrogen) atoms. The Balaban J connectivity index is 1.51. The van der Waals surface area contributed by atoms with Gasteiger partial charge < -0.3 is 5.32 Å². The fourth-order valence-corrected chi connectivity index (χ4v) is 3.75. The van der Waals surface area contributed by atoms with Crippen LogP contribution in [0.15, 0.2) is 53.9 Å². The SMILES string of the molecule is O=C(Nc1nc(-c2ccc(Cl)cc2)cs1)c1ccccc1CN1C(=O)CNC1=O. The first-order valence-corrected chi connectivity index (χ1v) is 9.96. The van der Waals surface area contributed by atoms with E-state index in [4.69, 9.17) is 11.6 Å². The Kier molecular flexibility index (Phi) is 5.28. The van der Waals surface area contributed by atoms with Gasteiger partial charge in [-0.2, -0.15) is 0 Å². The zero-order valence-corrected chi connectivity index (χ0v) is 16.6. The average molecular weight is 427 g/mol. The Morgan fingerprint density at radius 1 is 1.17 bits per heavy atom. The topological polar surface area (TPSA) is 91.4 Å². The highest BCUT2D eigenvalue weighted by Gasteiger charge is 2.29. The summed E-state index contributed by atoms with van der Waals surface area (Å²) in [4.78, 5) is 42.0. The summed E-state index contributed by atoms with van der Waals surface area (Å²) in [6, 6.07) is 13.7. The standard InChI is InChI=1S/C20H15ClN4O3S/c21-14-7-5-12(6-8-14)16-11-29-19(23-16)24-18(27)15-4-2-1-3-13(15)10-25-17(26)9-22-20(25)28/h1-8,11H,9-10H2,(H,22,28)(H,23,24,27). The first-order chi connectivity index (χ1) is 14.0. The van der Waals surface area contributed by atoms with Crippen LogP contribution in [0.4, 0.5) is 9.93 Å². The molecule has 7 nitrogen and oxygen atoms in total. The van der Waals surface area contributed by atoms with Gasteiger partial charge in [-0.05, 0) is 23.8 Å². The van der Waals surface area contributed by atoms with Gasteiger partial charge in [0.2, 0.25) is 5.91 Å². The second-order valence-corrected chi connectivity index (χ2v) is 7.59. The molecule has 0 aliphatic carbocycles. The Morgan fingerprint density at radius 2 is 1.93 bits per heavy atom. The van der Waals surface area contributed by atoms with Crippen molar-refractivity contribution in [3.63, 3.8) is 0 Å². The lowest BCUT2D eigenvalue weighted by molar-refractivity contribution is -0.125. The van der Waals surface area contributed by atoms with E-state index in [1.54, 1.807) is 36.4 Å². The number of carbonyl (C=O) groups excluding carboxylic acids is 3. The molecule has 1 aliphatic heterocycles. The van der Waals surface area contributed by atoms with Crippen molar-refractivity contribution >= 4 is 45.9 Å². The Morgan fingerprint density at radius 3 is 2.66 bits per heavy atom. The van der Waals surface area contributed by atoms with Crippen LogP contribution in [-0.4, -0.2) is 34.3 Å². The molecule has 1 aliphatic rings. The molecule has 9 heteroatoms. The summed E-state index contributed by atoms with van der Waals surface area (Å²) in [6.07, 6.45) is 0. The summed E-state index contributed by atoms with van der Waals surface area (Å²) in [7, 11) is 0. The van der Waals surface area contributed by atoms with Crippen LogP contribution in [0.1, 0.15) is 15.9 Å². The molecule has 1 saturated heterocycles. The van der Waals surface area contributed by atoms with Crippen LogP contribution in [0.2, 0.25) is 5.02 Å². The second kappa shape index (κ2) is 8.02. The minimum absolute atomic E-state index is 0.0280. The van der Waals surface area contributed by atoms with E-state index in [-0.39, 0.29) is 24.9 Å². The molecule has 3 aromatic rings. The lowest BCUT2D eigenvalue weighted by atomic mass is 10.1. The number of halogens is 1. The molecule has 0 unspecified atom stereocenters. The van der Waals surface area contributed by atoms with Crippen molar-refractivity contribution in [2.24, 2.45) is 0 Å². The van der Waals surface area contributed by atoms with E-state index < -0.39 is 6.03 Å². The molecule has 0 bridgehead atoms. The maximum atomic E-state index is 12.8. The Labute approximate surface area is 175 Å². The predicted molar refractivity (Wildman–Crippen MR) is 111 cm³/mol. The monoisotopic (exact) mass is 426 g/mol. The lowest BCUT2D eigenvalue weighted by Crippen LogP contribution is -2.31. The number of urea groups is 1. The maximum Gasteiger partial charge on any atom is 0.324 e. The summed E-state index contributed by atoms with van der Waals surface area (Å²) in [5.41, 5.74) is 2.58. The quantitative estimate of drug-likeness (QED) is 0.607. The number of rotatable bonds is 5. The van der Waals surface area contributed by atoms with Crippen molar-refractivity contribution in [2.75, 3.05) is 11.9 Å². The summed E-state index contributed by atoms with van der Waals surface area (Å²) < 4.78 is 0. The molecule has 0 atom stereocenters.